The molecule has 0 aliphatic heterocycles. The number of hydrogen-bond donors (Lipinski definition) is 1. The molecule has 0 fully saturated rings. The van der Waals surface area contributed by atoms with Crippen molar-refractivity contribution in [2.75, 3.05) is 13.6 Å². The minimum Gasteiger partial charge on any atom is -0.316 e. The van der Waals surface area contributed by atoms with Crippen molar-refractivity contribution < 1.29 is 12.8 Å². The van der Waals surface area contributed by atoms with Crippen LogP contribution in [0.1, 0.15) is 26.3 Å². The van der Waals surface area contributed by atoms with E-state index in [9.17, 15) is 12.8 Å². The van der Waals surface area contributed by atoms with E-state index in [1.165, 1.54) is 22.5 Å². The molecule has 1 aromatic rings. The largest absolute Gasteiger partial charge is 0.316 e. The highest BCUT2D eigenvalue weighted by atomic mass is 32.2. The number of sulfonamides is 1. The Morgan fingerprint density at radius 3 is 2.48 bits per heavy atom. The van der Waals surface area contributed by atoms with E-state index in [1.54, 1.807) is 33.9 Å². The molecular weight excluding hydrogens is 291 g/mol. The zero-order valence-corrected chi connectivity index (χ0v) is 13.8. The highest BCUT2D eigenvalue weighted by Gasteiger charge is 2.34. The number of hydrogen-bond acceptors (Lipinski definition) is 3. The van der Waals surface area contributed by atoms with Gasteiger partial charge in [-0.2, -0.15) is 4.31 Å². The van der Waals surface area contributed by atoms with Crippen molar-refractivity contribution in [3.8, 4) is 0 Å². The molecule has 0 bridgehead atoms. The molecule has 0 spiro atoms. The van der Waals surface area contributed by atoms with Gasteiger partial charge < -0.3 is 5.32 Å². The smallest absolute Gasteiger partial charge is 0.246 e. The molecule has 21 heavy (non-hydrogen) atoms. The summed E-state index contributed by atoms with van der Waals surface area (Å²) in [5.41, 5.74) is 0.0447. The molecule has 1 N–H and O–H groups in total. The summed E-state index contributed by atoms with van der Waals surface area (Å²) in [6, 6.07) is 4.14. The second kappa shape index (κ2) is 6.68. The fourth-order valence-corrected chi connectivity index (χ4v) is 3.90. The van der Waals surface area contributed by atoms with E-state index < -0.39 is 21.4 Å². The van der Waals surface area contributed by atoms with Gasteiger partial charge in [-0.15, -0.1) is 6.58 Å². The van der Waals surface area contributed by atoms with Crippen LogP contribution in [0.15, 0.2) is 35.7 Å². The standard InChI is InChI=1S/C15H23FN2O2S/c1-6-9-18(15(2,3)4)21(19,20)14-10-12(11-17-5)7-8-13(14)16/h6-8,10,17H,1,9,11H2,2-5H3. The molecule has 0 aliphatic rings. The predicted molar refractivity (Wildman–Crippen MR) is 83.0 cm³/mol. The van der Waals surface area contributed by atoms with E-state index >= 15 is 0 Å². The first-order chi connectivity index (χ1) is 9.64. The third kappa shape index (κ3) is 4.12. The maximum Gasteiger partial charge on any atom is 0.246 e. The van der Waals surface area contributed by atoms with Crippen LogP contribution in [0.2, 0.25) is 0 Å². The third-order valence-corrected chi connectivity index (χ3v) is 5.13. The second-order valence-corrected chi connectivity index (χ2v) is 7.62. The summed E-state index contributed by atoms with van der Waals surface area (Å²) in [7, 11) is -2.19. The van der Waals surface area contributed by atoms with E-state index in [1.807, 2.05) is 0 Å². The van der Waals surface area contributed by atoms with Crippen molar-refractivity contribution in [3.05, 3.63) is 42.2 Å². The van der Waals surface area contributed by atoms with Gasteiger partial charge in [-0.25, -0.2) is 12.8 Å². The summed E-state index contributed by atoms with van der Waals surface area (Å²) >= 11 is 0. The van der Waals surface area contributed by atoms with Crippen molar-refractivity contribution >= 4 is 10.0 Å². The molecule has 0 unspecified atom stereocenters. The molecule has 0 saturated heterocycles. The lowest BCUT2D eigenvalue weighted by atomic mass is 10.1. The number of halogens is 1. The molecule has 1 aromatic carbocycles. The van der Waals surface area contributed by atoms with Gasteiger partial charge in [0.15, 0.2) is 0 Å². The summed E-state index contributed by atoms with van der Waals surface area (Å²) in [5.74, 6) is -0.742. The number of rotatable bonds is 6. The van der Waals surface area contributed by atoms with Crippen LogP contribution in [0.3, 0.4) is 0 Å². The quantitative estimate of drug-likeness (QED) is 0.821. The molecule has 0 aliphatic carbocycles. The number of benzene rings is 1. The highest BCUT2D eigenvalue weighted by molar-refractivity contribution is 7.89. The Morgan fingerprint density at radius 1 is 1.38 bits per heavy atom. The van der Waals surface area contributed by atoms with Crippen molar-refractivity contribution in [2.24, 2.45) is 0 Å². The predicted octanol–water partition coefficient (Wildman–Crippen LogP) is 2.52. The van der Waals surface area contributed by atoms with Gasteiger partial charge >= 0.3 is 0 Å². The van der Waals surface area contributed by atoms with Gasteiger partial charge in [0.05, 0.1) is 0 Å². The van der Waals surface area contributed by atoms with Gasteiger partial charge in [-0.05, 0) is 45.5 Å². The average Bonchev–Trinajstić information content (AvgIpc) is 2.36. The topological polar surface area (TPSA) is 49.4 Å². The normalized spacial score (nSPS) is 12.7. The van der Waals surface area contributed by atoms with Gasteiger partial charge in [-0.3, -0.25) is 0 Å². The Balaban J connectivity index is 3.40. The Labute approximate surface area is 126 Å². The highest BCUT2D eigenvalue weighted by Crippen LogP contribution is 2.26. The van der Waals surface area contributed by atoms with Crippen LogP contribution in [-0.2, 0) is 16.6 Å². The van der Waals surface area contributed by atoms with Crippen LogP contribution < -0.4 is 5.32 Å². The lowest BCUT2D eigenvalue weighted by Gasteiger charge is -2.33. The molecule has 118 valence electrons. The van der Waals surface area contributed by atoms with Crippen LogP contribution in [-0.4, -0.2) is 31.9 Å². The van der Waals surface area contributed by atoms with E-state index in [4.69, 9.17) is 0 Å². The van der Waals surface area contributed by atoms with E-state index in [0.717, 1.165) is 0 Å². The minimum atomic E-state index is -3.93. The van der Waals surface area contributed by atoms with Crippen LogP contribution in [0.5, 0.6) is 0 Å². The Hall–Kier alpha value is -1.24. The third-order valence-electron chi connectivity index (χ3n) is 2.99. The van der Waals surface area contributed by atoms with Crippen molar-refractivity contribution in [2.45, 2.75) is 37.8 Å². The number of nitrogens with one attached hydrogen (secondary N) is 1. The van der Waals surface area contributed by atoms with Gasteiger partial charge in [0.2, 0.25) is 10.0 Å². The minimum absolute atomic E-state index is 0.127. The summed E-state index contributed by atoms with van der Waals surface area (Å²) in [6.45, 7) is 9.48. The first-order valence-electron chi connectivity index (χ1n) is 6.71. The molecule has 0 amide bonds. The lowest BCUT2D eigenvalue weighted by molar-refractivity contribution is 0.269. The van der Waals surface area contributed by atoms with Crippen molar-refractivity contribution in [1.29, 1.82) is 0 Å². The Bertz CT molecular complexity index is 607. The van der Waals surface area contributed by atoms with Crippen LogP contribution in [0.25, 0.3) is 0 Å². The Morgan fingerprint density at radius 2 is 2.00 bits per heavy atom. The van der Waals surface area contributed by atoms with Crippen LogP contribution in [0, 0.1) is 5.82 Å². The zero-order valence-electron chi connectivity index (χ0n) is 13.0. The molecule has 4 nitrogen and oxygen atoms in total. The first-order valence-corrected chi connectivity index (χ1v) is 8.15. The van der Waals surface area contributed by atoms with E-state index in [0.29, 0.717) is 12.1 Å². The van der Waals surface area contributed by atoms with Gasteiger partial charge in [0.1, 0.15) is 10.7 Å². The van der Waals surface area contributed by atoms with Gasteiger partial charge in [-0.1, -0.05) is 12.1 Å². The SMILES string of the molecule is C=CCN(C(C)(C)C)S(=O)(=O)c1cc(CNC)ccc1F. The maximum absolute atomic E-state index is 14.0. The molecule has 1 rings (SSSR count). The lowest BCUT2D eigenvalue weighted by Crippen LogP contribution is -2.45. The van der Waals surface area contributed by atoms with Gasteiger partial charge in [0, 0.05) is 18.6 Å². The average molecular weight is 314 g/mol. The van der Waals surface area contributed by atoms with Crippen molar-refractivity contribution in [1.82, 2.24) is 9.62 Å². The molecule has 6 heteroatoms. The fraction of sp³-hybridized carbons (Fsp3) is 0.467. The molecule has 0 atom stereocenters. The molecular formula is C15H23FN2O2S. The fourth-order valence-electron chi connectivity index (χ4n) is 2.03. The maximum atomic E-state index is 14.0. The van der Waals surface area contributed by atoms with E-state index in [2.05, 4.69) is 11.9 Å². The van der Waals surface area contributed by atoms with Crippen LogP contribution >= 0.6 is 0 Å². The second-order valence-electron chi connectivity index (χ2n) is 5.79. The van der Waals surface area contributed by atoms with E-state index in [-0.39, 0.29) is 11.4 Å². The first kappa shape index (κ1) is 17.8. The monoisotopic (exact) mass is 314 g/mol. The molecule has 0 heterocycles. The van der Waals surface area contributed by atoms with Crippen LogP contribution in [0.4, 0.5) is 4.39 Å². The summed E-state index contributed by atoms with van der Waals surface area (Å²) in [6.07, 6.45) is 1.50. The summed E-state index contributed by atoms with van der Waals surface area (Å²) in [5, 5.41) is 2.92. The summed E-state index contributed by atoms with van der Waals surface area (Å²) < 4.78 is 40.8. The molecule has 0 aromatic heterocycles. The van der Waals surface area contributed by atoms with Crippen molar-refractivity contribution in [3.63, 3.8) is 0 Å². The summed E-state index contributed by atoms with van der Waals surface area (Å²) in [4.78, 5) is -0.299. The molecule has 0 saturated carbocycles. The number of nitrogens with zero attached hydrogens (tertiary/aromatic N) is 1. The zero-order chi connectivity index (χ0) is 16.3. The van der Waals surface area contributed by atoms with Gasteiger partial charge in [0.25, 0.3) is 0 Å². The molecule has 0 radical (unpaired) electrons. The Kier molecular flexibility index (Phi) is 5.67.